The van der Waals surface area contributed by atoms with E-state index < -0.39 is 0 Å². The fraction of sp³-hybridized carbons (Fsp3) is 0.364. The lowest BCUT2D eigenvalue weighted by Gasteiger charge is -2.28. The summed E-state index contributed by atoms with van der Waals surface area (Å²) in [6.45, 7) is 0. The first-order valence-electron chi connectivity index (χ1n) is 9.29. The third-order valence-corrected chi connectivity index (χ3v) is 5.47. The minimum Gasteiger partial charge on any atom is -0.465 e. The van der Waals surface area contributed by atoms with Gasteiger partial charge in [0.1, 0.15) is 0 Å². The fourth-order valence-corrected chi connectivity index (χ4v) is 3.94. The summed E-state index contributed by atoms with van der Waals surface area (Å²) in [5, 5.41) is 3.55. The van der Waals surface area contributed by atoms with E-state index in [0.29, 0.717) is 28.8 Å². The van der Waals surface area contributed by atoms with Gasteiger partial charge < -0.3 is 10.1 Å². The van der Waals surface area contributed by atoms with Gasteiger partial charge in [-0.3, -0.25) is 4.79 Å². The normalized spacial score (nSPS) is 19.3. The van der Waals surface area contributed by atoms with Crippen LogP contribution in [0.25, 0.3) is 0 Å². The molecule has 4 nitrogen and oxygen atoms in total. The summed E-state index contributed by atoms with van der Waals surface area (Å²) in [6.07, 6.45) is 4.73. The first-order chi connectivity index (χ1) is 13.0. The molecule has 0 unspecified atom stereocenters. The van der Waals surface area contributed by atoms with Gasteiger partial charge in [0.15, 0.2) is 0 Å². The summed E-state index contributed by atoms with van der Waals surface area (Å²) in [5.41, 5.74) is 2.57. The Bertz CT molecular complexity index is 795. The number of anilines is 1. The highest BCUT2D eigenvalue weighted by Gasteiger charge is 2.24. The van der Waals surface area contributed by atoms with Gasteiger partial charge in [-0.05, 0) is 73.4 Å². The van der Waals surface area contributed by atoms with Gasteiger partial charge in [-0.2, -0.15) is 0 Å². The molecule has 0 saturated heterocycles. The second-order valence-electron chi connectivity index (χ2n) is 7.09. The van der Waals surface area contributed by atoms with Gasteiger partial charge in [0, 0.05) is 17.1 Å². The average molecular weight is 386 g/mol. The molecule has 0 aromatic heterocycles. The Morgan fingerprint density at radius 1 is 1.07 bits per heavy atom. The van der Waals surface area contributed by atoms with Crippen molar-refractivity contribution in [3.63, 3.8) is 0 Å². The molecule has 3 rings (SSSR count). The number of benzene rings is 2. The number of ether oxygens (including phenoxy) is 1. The molecule has 2 aromatic carbocycles. The molecule has 1 N–H and O–H groups in total. The van der Waals surface area contributed by atoms with Gasteiger partial charge in [0.05, 0.1) is 12.7 Å². The number of amides is 1. The molecule has 1 fully saturated rings. The van der Waals surface area contributed by atoms with E-state index in [4.69, 9.17) is 16.3 Å². The lowest BCUT2D eigenvalue weighted by molar-refractivity contribution is -0.117. The molecule has 0 spiro atoms. The van der Waals surface area contributed by atoms with Crippen molar-refractivity contribution in [3.05, 3.63) is 64.7 Å². The number of rotatable bonds is 5. The van der Waals surface area contributed by atoms with Crippen LogP contribution in [0.3, 0.4) is 0 Å². The number of halogens is 1. The highest BCUT2D eigenvalue weighted by molar-refractivity contribution is 6.30. The van der Waals surface area contributed by atoms with Gasteiger partial charge in [-0.1, -0.05) is 29.8 Å². The van der Waals surface area contributed by atoms with Crippen LogP contribution in [-0.4, -0.2) is 19.0 Å². The van der Waals surface area contributed by atoms with E-state index in [0.717, 1.165) is 31.4 Å². The SMILES string of the molecule is COC(=O)c1ccc(C2CCC(CC(=O)Nc3cccc(Cl)c3)CC2)cc1. The molecule has 142 valence electrons. The second-order valence-corrected chi connectivity index (χ2v) is 7.53. The Morgan fingerprint density at radius 2 is 1.78 bits per heavy atom. The van der Waals surface area contributed by atoms with Crippen molar-refractivity contribution in [2.24, 2.45) is 5.92 Å². The molecule has 0 radical (unpaired) electrons. The van der Waals surface area contributed by atoms with Crippen molar-refractivity contribution in [2.45, 2.75) is 38.0 Å². The van der Waals surface area contributed by atoms with Crippen molar-refractivity contribution >= 4 is 29.2 Å². The zero-order chi connectivity index (χ0) is 19.2. The van der Waals surface area contributed by atoms with E-state index in [2.05, 4.69) is 5.32 Å². The first kappa shape index (κ1) is 19.4. The molecule has 5 heteroatoms. The molecular formula is C22H24ClNO3. The largest absolute Gasteiger partial charge is 0.465 e. The molecule has 0 atom stereocenters. The monoisotopic (exact) mass is 385 g/mol. The Hall–Kier alpha value is -2.33. The quantitative estimate of drug-likeness (QED) is 0.698. The smallest absolute Gasteiger partial charge is 0.337 e. The minimum absolute atomic E-state index is 0.0446. The predicted octanol–water partition coefficient (Wildman–Crippen LogP) is 5.43. The number of carbonyl (C=O) groups excluding carboxylic acids is 2. The Morgan fingerprint density at radius 3 is 2.41 bits per heavy atom. The lowest BCUT2D eigenvalue weighted by Crippen LogP contribution is -2.20. The zero-order valence-electron chi connectivity index (χ0n) is 15.4. The van der Waals surface area contributed by atoms with Crippen molar-refractivity contribution < 1.29 is 14.3 Å². The van der Waals surface area contributed by atoms with Crippen molar-refractivity contribution in [3.8, 4) is 0 Å². The average Bonchev–Trinajstić information content (AvgIpc) is 2.68. The highest BCUT2D eigenvalue weighted by atomic mass is 35.5. The number of hydrogen-bond donors (Lipinski definition) is 1. The number of methoxy groups -OCH3 is 1. The molecule has 1 aliphatic carbocycles. The molecule has 1 aliphatic rings. The molecule has 1 amide bonds. The third-order valence-electron chi connectivity index (χ3n) is 5.23. The van der Waals surface area contributed by atoms with Crippen LogP contribution in [0, 0.1) is 5.92 Å². The van der Waals surface area contributed by atoms with Gasteiger partial charge >= 0.3 is 5.97 Å². The van der Waals surface area contributed by atoms with E-state index in [1.165, 1.54) is 12.7 Å². The van der Waals surface area contributed by atoms with Crippen LogP contribution in [-0.2, 0) is 9.53 Å². The van der Waals surface area contributed by atoms with Crippen LogP contribution in [0.5, 0.6) is 0 Å². The van der Waals surface area contributed by atoms with E-state index in [1.54, 1.807) is 12.1 Å². The van der Waals surface area contributed by atoms with Crippen LogP contribution in [0.15, 0.2) is 48.5 Å². The molecular weight excluding hydrogens is 362 g/mol. The van der Waals surface area contributed by atoms with Gasteiger partial charge in [0.25, 0.3) is 0 Å². The molecule has 0 heterocycles. The standard InChI is InChI=1S/C22H24ClNO3/c1-27-22(26)18-11-9-17(10-12-18)16-7-5-15(6-8-16)13-21(25)24-20-4-2-3-19(23)14-20/h2-4,9-12,14-16H,5-8,13H2,1H3,(H,24,25). The molecule has 27 heavy (non-hydrogen) atoms. The summed E-state index contributed by atoms with van der Waals surface area (Å²) in [5.74, 6) is 0.637. The van der Waals surface area contributed by atoms with Crippen LogP contribution in [0.4, 0.5) is 5.69 Å². The summed E-state index contributed by atoms with van der Waals surface area (Å²) in [4.78, 5) is 23.8. The van der Waals surface area contributed by atoms with Crippen molar-refractivity contribution in [1.29, 1.82) is 0 Å². The molecule has 1 saturated carbocycles. The molecule has 0 aliphatic heterocycles. The van der Waals surface area contributed by atoms with Gasteiger partial charge in [-0.25, -0.2) is 4.79 Å². The van der Waals surface area contributed by atoms with E-state index in [-0.39, 0.29) is 11.9 Å². The maximum Gasteiger partial charge on any atom is 0.337 e. The van der Waals surface area contributed by atoms with Crippen LogP contribution in [0.2, 0.25) is 5.02 Å². The van der Waals surface area contributed by atoms with Crippen LogP contribution < -0.4 is 5.32 Å². The minimum atomic E-state index is -0.309. The van der Waals surface area contributed by atoms with Crippen molar-refractivity contribution in [1.82, 2.24) is 0 Å². The Kier molecular flexibility index (Phi) is 6.51. The lowest BCUT2D eigenvalue weighted by atomic mass is 9.77. The number of hydrogen-bond acceptors (Lipinski definition) is 3. The Labute approximate surface area is 164 Å². The van der Waals surface area contributed by atoms with E-state index in [9.17, 15) is 9.59 Å². The summed E-state index contributed by atoms with van der Waals surface area (Å²) >= 11 is 5.95. The molecule has 0 bridgehead atoms. The van der Waals surface area contributed by atoms with Gasteiger partial charge in [-0.15, -0.1) is 0 Å². The van der Waals surface area contributed by atoms with Crippen LogP contribution in [0.1, 0.15) is 53.9 Å². The second kappa shape index (κ2) is 9.05. The van der Waals surface area contributed by atoms with Crippen molar-refractivity contribution in [2.75, 3.05) is 12.4 Å². The topological polar surface area (TPSA) is 55.4 Å². The first-order valence-corrected chi connectivity index (χ1v) is 9.66. The maximum atomic E-state index is 12.3. The maximum absolute atomic E-state index is 12.3. The van der Waals surface area contributed by atoms with Gasteiger partial charge in [0.2, 0.25) is 5.91 Å². The third kappa shape index (κ3) is 5.33. The zero-order valence-corrected chi connectivity index (χ0v) is 16.2. The summed E-state index contributed by atoms with van der Waals surface area (Å²) in [6, 6.07) is 14.9. The highest BCUT2D eigenvalue weighted by Crippen LogP contribution is 2.37. The number of nitrogens with one attached hydrogen (secondary N) is 1. The Balaban J connectivity index is 1.48. The summed E-state index contributed by atoms with van der Waals surface area (Å²) < 4.78 is 4.74. The summed E-state index contributed by atoms with van der Waals surface area (Å²) in [7, 11) is 1.39. The van der Waals surface area contributed by atoms with E-state index >= 15 is 0 Å². The predicted molar refractivity (Wildman–Crippen MR) is 107 cm³/mol. The van der Waals surface area contributed by atoms with Crippen LogP contribution >= 0.6 is 11.6 Å². The fourth-order valence-electron chi connectivity index (χ4n) is 3.75. The molecule has 2 aromatic rings. The number of carbonyl (C=O) groups is 2. The number of esters is 1. The van der Waals surface area contributed by atoms with E-state index in [1.807, 2.05) is 36.4 Å².